The monoisotopic (exact) mass is 907 g/mol. The number of anilines is 3. The third kappa shape index (κ3) is 7.23. The summed E-state index contributed by atoms with van der Waals surface area (Å²) in [5.74, 6) is 0.262. The largest absolute Gasteiger partial charge is 0.310 e. The molecule has 0 bridgehead atoms. The average molecular weight is 908 g/mol. The number of allylic oxidation sites excluding steroid dienone is 8. The Kier molecular flexibility index (Phi) is 10.7. The summed E-state index contributed by atoms with van der Waals surface area (Å²) in [6, 6.07) is 81.6. The fourth-order valence-electron chi connectivity index (χ4n) is 12.2. The molecule has 10 aromatic rings. The van der Waals surface area contributed by atoms with Gasteiger partial charge in [0.25, 0.3) is 0 Å². The maximum absolute atomic E-state index is 2.54. The van der Waals surface area contributed by atoms with E-state index in [0.717, 1.165) is 36.3 Å². The van der Waals surface area contributed by atoms with E-state index in [1.165, 1.54) is 99.4 Å². The molecule has 0 radical (unpaired) electrons. The second-order valence-electron chi connectivity index (χ2n) is 19.5. The Bertz CT molecular complexity index is 3760. The Hall–Kier alpha value is -8.52. The van der Waals surface area contributed by atoms with Gasteiger partial charge in [0.15, 0.2) is 0 Å². The zero-order chi connectivity index (χ0) is 47.3. The third-order valence-electron chi connectivity index (χ3n) is 15.4. The maximum Gasteiger partial charge on any atom is 0.0526 e. The van der Waals surface area contributed by atoms with Crippen LogP contribution in [-0.2, 0) is 5.41 Å². The van der Waals surface area contributed by atoms with Crippen molar-refractivity contribution < 1.29 is 0 Å². The number of para-hydroxylation sites is 1. The van der Waals surface area contributed by atoms with E-state index in [4.69, 9.17) is 0 Å². The van der Waals surface area contributed by atoms with Gasteiger partial charge in [-0.25, -0.2) is 0 Å². The molecule has 0 aromatic heterocycles. The van der Waals surface area contributed by atoms with Crippen LogP contribution in [0, 0.1) is 12.8 Å². The molecular formula is C70H53N. The maximum atomic E-state index is 2.54. The molecule has 0 amide bonds. The van der Waals surface area contributed by atoms with Crippen LogP contribution >= 0.6 is 0 Å². The highest BCUT2D eigenvalue weighted by atomic mass is 15.1. The molecule has 0 aliphatic heterocycles. The van der Waals surface area contributed by atoms with Gasteiger partial charge in [-0.3, -0.25) is 0 Å². The first-order valence-electron chi connectivity index (χ1n) is 25.3. The lowest BCUT2D eigenvalue weighted by Crippen LogP contribution is -2.36. The topological polar surface area (TPSA) is 3.24 Å². The van der Waals surface area contributed by atoms with Crippen LogP contribution < -0.4 is 4.90 Å². The molecule has 71 heavy (non-hydrogen) atoms. The molecule has 10 aromatic carbocycles. The minimum Gasteiger partial charge on any atom is -0.310 e. The highest BCUT2D eigenvalue weighted by Crippen LogP contribution is 2.60. The molecule has 2 unspecified atom stereocenters. The predicted molar refractivity (Wildman–Crippen MR) is 302 cm³/mol. The molecule has 13 rings (SSSR count). The molecule has 3 aliphatic rings. The van der Waals surface area contributed by atoms with Crippen LogP contribution in [0.25, 0.3) is 77.2 Å². The number of nitrogens with zero attached hydrogens (tertiary/aromatic N) is 1. The van der Waals surface area contributed by atoms with Crippen LogP contribution in [0.3, 0.4) is 0 Å². The summed E-state index contributed by atoms with van der Waals surface area (Å²) in [4.78, 5) is 2.49. The molecule has 0 saturated heterocycles. The summed E-state index contributed by atoms with van der Waals surface area (Å²) >= 11 is 0. The quantitative estimate of drug-likeness (QED) is 0.130. The molecule has 338 valence electrons. The highest BCUT2D eigenvalue weighted by molar-refractivity contribution is 6.22. The highest BCUT2D eigenvalue weighted by Gasteiger charge is 2.50. The molecule has 1 heteroatoms. The van der Waals surface area contributed by atoms with E-state index in [-0.39, 0.29) is 11.3 Å². The van der Waals surface area contributed by atoms with E-state index in [1.807, 2.05) is 0 Å². The van der Waals surface area contributed by atoms with Crippen molar-refractivity contribution in [2.24, 2.45) is 5.92 Å². The van der Waals surface area contributed by atoms with Gasteiger partial charge in [-0.15, -0.1) is 0 Å². The van der Waals surface area contributed by atoms with Crippen molar-refractivity contribution in [3.05, 3.63) is 283 Å². The fourth-order valence-corrected chi connectivity index (χ4v) is 12.2. The summed E-state index contributed by atoms with van der Waals surface area (Å²) < 4.78 is 0. The molecule has 0 N–H and O–H groups in total. The Morgan fingerprint density at radius 1 is 0.408 bits per heavy atom. The SMILES string of the molecule is Cc1ccc2c(-c3ccc(-c4ccccc4)cc3)c3cc(N(c4ccccc4)c4ccc5c(c4)C(C4=CCCC=C4)(C4C=CC=CC4)c4ccccc4-5)ccc3c(-c3ccc(-c4ccccc4)cc3)c2c1. The zero-order valence-corrected chi connectivity index (χ0v) is 40.0. The minimum absolute atomic E-state index is 0.262. The molecule has 0 spiro atoms. The molecule has 2 atom stereocenters. The Morgan fingerprint density at radius 2 is 0.958 bits per heavy atom. The minimum atomic E-state index is -0.340. The summed E-state index contributed by atoms with van der Waals surface area (Å²) in [6.07, 6.45) is 19.8. The van der Waals surface area contributed by atoms with Crippen LogP contribution in [0.4, 0.5) is 17.1 Å². The van der Waals surface area contributed by atoms with Crippen molar-refractivity contribution in [2.45, 2.75) is 31.6 Å². The number of benzene rings is 10. The predicted octanol–water partition coefficient (Wildman–Crippen LogP) is 19.1. The van der Waals surface area contributed by atoms with Crippen LogP contribution in [-0.4, -0.2) is 0 Å². The smallest absolute Gasteiger partial charge is 0.0526 e. The lowest BCUT2D eigenvalue weighted by molar-refractivity contribution is 0.454. The van der Waals surface area contributed by atoms with Crippen molar-refractivity contribution in [3.63, 3.8) is 0 Å². The summed E-state index contributed by atoms with van der Waals surface area (Å²) in [5.41, 5.74) is 20.9. The van der Waals surface area contributed by atoms with Gasteiger partial charge in [-0.05, 0) is 162 Å². The lowest BCUT2D eigenvalue weighted by Gasteiger charge is -2.41. The first kappa shape index (κ1) is 42.6. The van der Waals surface area contributed by atoms with Crippen molar-refractivity contribution in [1.29, 1.82) is 0 Å². The number of hydrogen-bond donors (Lipinski definition) is 0. The lowest BCUT2D eigenvalue weighted by atomic mass is 9.61. The second kappa shape index (κ2) is 17.8. The Labute approximate surface area is 417 Å². The molecule has 0 heterocycles. The first-order chi connectivity index (χ1) is 35.1. The molecule has 0 saturated carbocycles. The molecular weight excluding hydrogens is 855 g/mol. The van der Waals surface area contributed by atoms with Crippen molar-refractivity contribution >= 4 is 38.6 Å². The normalized spacial score (nSPS) is 16.7. The van der Waals surface area contributed by atoms with Gasteiger partial charge in [0.05, 0.1) is 5.41 Å². The number of hydrogen-bond acceptors (Lipinski definition) is 1. The molecule has 1 nitrogen and oxygen atoms in total. The third-order valence-corrected chi connectivity index (χ3v) is 15.4. The van der Waals surface area contributed by atoms with Gasteiger partial charge >= 0.3 is 0 Å². The van der Waals surface area contributed by atoms with Crippen molar-refractivity contribution in [3.8, 4) is 55.6 Å². The van der Waals surface area contributed by atoms with Crippen LogP contribution in [0.2, 0.25) is 0 Å². The summed E-state index contributed by atoms with van der Waals surface area (Å²) in [5, 5.41) is 4.94. The van der Waals surface area contributed by atoms with Crippen molar-refractivity contribution in [1.82, 2.24) is 0 Å². The van der Waals surface area contributed by atoms with Gasteiger partial charge in [0.2, 0.25) is 0 Å². The van der Waals surface area contributed by atoms with E-state index in [2.05, 4.69) is 273 Å². The fraction of sp³-hybridized carbons (Fsp3) is 0.0857. The zero-order valence-electron chi connectivity index (χ0n) is 40.0. The summed E-state index contributed by atoms with van der Waals surface area (Å²) in [6.45, 7) is 2.22. The number of fused-ring (bicyclic) bond motifs is 5. The van der Waals surface area contributed by atoms with Gasteiger partial charge in [0, 0.05) is 17.1 Å². The van der Waals surface area contributed by atoms with E-state index in [1.54, 1.807) is 0 Å². The van der Waals surface area contributed by atoms with Gasteiger partial charge in [-0.2, -0.15) is 0 Å². The average Bonchev–Trinajstić information content (AvgIpc) is 3.74. The van der Waals surface area contributed by atoms with Gasteiger partial charge < -0.3 is 4.90 Å². The van der Waals surface area contributed by atoms with Crippen molar-refractivity contribution in [2.75, 3.05) is 4.90 Å². The summed E-state index contributed by atoms with van der Waals surface area (Å²) in [7, 11) is 0. The number of aryl methyl sites for hydroxylation is 1. The van der Waals surface area contributed by atoms with E-state index >= 15 is 0 Å². The van der Waals surface area contributed by atoms with E-state index in [0.29, 0.717) is 0 Å². The first-order valence-corrected chi connectivity index (χ1v) is 25.3. The Morgan fingerprint density at radius 3 is 1.59 bits per heavy atom. The van der Waals surface area contributed by atoms with Crippen LogP contribution in [0.1, 0.15) is 36.0 Å². The Balaban J connectivity index is 1.06. The van der Waals surface area contributed by atoms with Crippen LogP contribution in [0.5, 0.6) is 0 Å². The standard InChI is InChI=1S/C70H53N/c1-48-31-42-62-64(45-48)68(53-36-32-51(33-37-53)49-19-7-2-8-20-49)63-44-41-58(46-65(63)69(62)54-38-34-52(35-39-54)50-21-9-3-10-22-50)71(57-27-15-6-16-28-57)59-40-43-61-60-29-17-18-30-66(60)70(67(61)47-59,55-23-11-4-12-24-55)56-25-13-5-14-26-56/h2-4,6-13,15-23,25-47,55H,5,14,24H2,1H3. The second-order valence-corrected chi connectivity index (χ2v) is 19.5. The van der Waals surface area contributed by atoms with Gasteiger partial charge in [-0.1, -0.05) is 230 Å². The van der Waals surface area contributed by atoms with Crippen LogP contribution in [0.15, 0.2) is 266 Å². The molecule has 3 aliphatic carbocycles. The molecule has 0 fully saturated rings. The van der Waals surface area contributed by atoms with E-state index < -0.39 is 0 Å². The van der Waals surface area contributed by atoms with E-state index in [9.17, 15) is 0 Å². The number of rotatable bonds is 9. The van der Waals surface area contributed by atoms with Gasteiger partial charge in [0.1, 0.15) is 0 Å².